The van der Waals surface area contributed by atoms with E-state index in [0.717, 1.165) is 0 Å². The van der Waals surface area contributed by atoms with Crippen LogP contribution in [-0.4, -0.2) is 11.0 Å². The molecule has 0 nitrogen and oxygen atoms in total. The van der Waals surface area contributed by atoms with Crippen molar-refractivity contribution >= 4 is 60.6 Å². The summed E-state index contributed by atoms with van der Waals surface area (Å²) >= 11 is 5.30. The molecule has 0 amide bonds. The van der Waals surface area contributed by atoms with Crippen molar-refractivity contribution in [3.05, 3.63) is 0 Å². The summed E-state index contributed by atoms with van der Waals surface area (Å²) in [7, 11) is 0. The Kier molecular flexibility index (Phi) is 49.8. The molecule has 5 heavy (non-hydrogen) atoms. The molecule has 0 saturated carbocycles. The van der Waals surface area contributed by atoms with Crippen molar-refractivity contribution in [2.75, 3.05) is 0 Å². The molecule has 0 aromatic carbocycles. The van der Waals surface area contributed by atoms with Crippen LogP contribution in [0.3, 0.4) is 0 Å². The number of hydrogen-bond acceptors (Lipinski definition) is 0. The minimum atomic E-state index is 0. The van der Waals surface area contributed by atoms with Crippen molar-refractivity contribution in [2.45, 2.75) is 0 Å². The predicted octanol–water partition coefficient (Wildman–Crippen LogP) is -2.25. The maximum Gasteiger partial charge on any atom is -0.0149 e. The van der Waals surface area contributed by atoms with E-state index < -0.39 is 0 Å². The van der Waals surface area contributed by atoms with Gasteiger partial charge in [-0.1, -0.05) is 0 Å². The molecule has 0 heterocycles. The average Bonchev–Trinajstić information content (AvgIpc) is 0.918. The summed E-state index contributed by atoms with van der Waals surface area (Å²) in [6.45, 7) is 0. The fraction of sp³-hybridized carbons (Fsp3) is 0. The van der Waals surface area contributed by atoms with Crippen LogP contribution in [-0.2, 0) is 0 Å². The topological polar surface area (TPSA) is 0 Å². The summed E-state index contributed by atoms with van der Waals surface area (Å²) in [6.07, 6.45) is 0. The molecule has 0 spiro atoms. The number of rotatable bonds is 0. The zero-order valence-corrected chi connectivity index (χ0v) is 8.83. The van der Waals surface area contributed by atoms with Crippen LogP contribution in [0.2, 0.25) is 0 Å². The van der Waals surface area contributed by atoms with Gasteiger partial charge in [0.25, 0.3) is 0 Å². The maximum atomic E-state index is 2.39. The fourth-order valence-electron chi connectivity index (χ4n) is 0. The SMILES string of the molecule is Cl.I[I-]I.[SiH4]. The van der Waals surface area contributed by atoms with E-state index in [1.54, 1.807) is 0 Å². The van der Waals surface area contributed by atoms with Crippen LogP contribution >= 0.6 is 49.6 Å². The van der Waals surface area contributed by atoms with Crippen molar-refractivity contribution in [3.63, 3.8) is 0 Å². The molecule has 0 aliphatic heterocycles. The molecule has 0 aromatic heterocycles. The Morgan fingerprint density at radius 1 is 1.20 bits per heavy atom. The van der Waals surface area contributed by atoms with Crippen molar-refractivity contribution in [1.29, 1.82) is 0 Å². The van der Waals surface area contributed by atoms with Crippen molar-refractivity contribution in [2.24, 2.45) is 0 Å². The second kappa shape index (κ2) is 15.9. The van der Waals surface area contributed by atoms with Crippen LogP contribution in [0, 0.1) is 0 Å². The van der Waals surface area contributed by atoms with Gasteiger partial charge in [0.2, 0.25) is 0 Å². The van der Waals surface area contributed by atoms with Gasteiger partial charge in [-0.2, -0.15) is 0 Å². The maximum absolute atomic E-state index is 2.39. The van der Waals surface area contributed by atoms with Gasteiger partial charge in [-0.15, -0.1) is 12.4 Å². The molecule has 0 bridgehead atoms. The zero-order valence-electron chi connectivity index (χ0n) is 1.54. The standard InChI is InChI=1S/ClH.I3.H4Si/c;1-3-2;/h1H;;1H4/q;-1;. The Morgan fingerprint density at radius 2 is 1.20 bits per heavy atom. The van der Waals surface area contributed by atoms with Crippen LogP contribution in [0.4, 0.5) is 0 Å². The van der Waals surface area contributed by atoms with Gasteiger partial charge < -0.3 is 0 Å². The zero-order chi connectivity index (χ0) is 2.71. The summed E-state index contributed by atoms with van der Waals surface area (Å²) in [5, 5.41) is 0. The molecule has 0 saturated heterocycles. The molecule has 0 atom stereocenters. The van der Waals surface area contributed by atoms with Crippen molar-refractivity contribution in [3.8, 4) is 0 Å². The molecule has 0 unspecified atom stereocenters. The van der Waals surface area contributed by atoms with Gasteiger partial charge in [-0.25, -0.2) is 0 Å². The molecule has 38 valence electrons. The fourth-order valence-corrected chi connectivity index (χ4v) is 0. The molecule has 0 aliphatic carbocycles. The van der Waals surface area contributed by atoms with Gasteiger partial charge in [-0.3, -0.25) is 0 Å². The Hall–Kier alpha value is 2.70. The van der Waals surface area contributed by atoms with Gasteiger partial charge in [0.1, 0.15) is 0 Å². The molecule has 0 aromatic rings. The van der Waals surface area contributed by atoms with E-state index in [0.29, 0.717) is 13.3 Å². The molecule has 0 fully saturated rings. The first-order valence-corrected chi connectivity index (χ1v) is 12.9. The van der Waals surface area contributed by atoms with Crippen LogP contribution in [0.15, 0.2) is 0 Å². The summed E-state index contributed by atoms with van der Waals surface area (Å²) in [6, 6.07) is 0. The van der Waals surface area contributed by atoms with Gasteiger partial charge >= 0.3 is 50.5 Å². The molecular formula is H5ClI3Si-. The first kappa shape index (κ1) is 15.6. The summed E-state index contributed by atoms with van der Waals surface area (Å²) in [5.74, 6) is 0. The Balaban J connectivity index is -0.0000000200. The summed E-state index contributed by atoms with van der Waals surface area (Å²) in [4.78, 5) is 0. The number of halogens is 4. The molecule has 0 rings (SSSR count). The smallest absolute Gasteiger partial charge is 0.0149 e. The molecule has 0 radical (unpaired) electrons. The van der Waals surface area contributed by atoms with Crippen LogP contribution in [0.1, 0.15) is 0 Å². The predicted molar refractivity (Wildman–Crippen MR) is 46.6 cm³/mol. The van der Waals surface area contributed by atoms with Gasteiger partial charge in [0, 0.05) is 0 Å². The third kappa shape index (κ3) is 20.3. The minimum Gasteiger partial charge on any atom is -0.0149 e. The molecular weight excluding hydrogens is 444 g/mol. The third-order valence-electron chi connectivity index (χ3n) is 0. The monoisotopic (exact) mass is 449 g/mol. The van der Waals surface area contributed by atoms with Crippen molar-refractivity contribution < 1.29 is 13.3 Å². The molecule has 0 N–H and O–H groups in total. The quantitative estimate of drug-likeness (QED) is 0.290. The Bertz CT molecular complexity index is 6.85. The van der Waals surface area contributed by atoms with E-state index in [-0.39, 0.29) is 23.4 Å². The Labute approximate surface area is 72.3 Å². The second-order valence-electron chi connectivity index (χ2n) is 0.0540. The van der Waals surface area contributed by atoms with E-state index in [1.807, 2.05) is 0 Å². The van der Waals surface area contributed by atoms with Crippen LogP contribution in [0.25, 0.3) is 0 Å². The minimum absolute atomic E-state index is 0. The summed E-state index contributed by atoms with van der Waals surface area (Å²) in [5.41, 5.74) is 0. The third-order valence-corrected chi connectivity index (χ3v) is 0. The first-order chi connectivity index (χ1) is 1.41. The van der Waals surface area contributed by atoms with E-state index >= 15 is 0 Å². The van der Waals surface area contributed by atoms with Gasteiger partial charge in [0.05, 0.1) is 0 Å². The van der Waals surface area contributed by atoms with Crippen molar-refractivity contribution in [1.82, 2.24) is 0 Å². The summed E-state index contributed by atoms with van der Waals surface area (Å²) < 4.78 is 0. The van der Waals surface area contributed by atoms with E-state index in [9.17, 15) is 0 Å². The normalized spacial score (nSPS) is 4.40. The molecule has 5 heteroatoms. The van der Waals surface area contributed by atoms with E-state index in [1.165, 1.54) is 0 Å². The van der Waals surface area contributed by atoms with E-state index in [4.69, 9.17) is 0 Å². The second-order valence-corrected chi connectivity index (χ2v) is 16.3. The first-order valence-electron chi connectivity index (χ1n) is 0.286. The number of hydrogen-bond donors (Lipinski definition) is 0. The van der Waals surface area contributed by atoms with Gasteiger partial charge in [-0.05, 0) is 11.0 Å². The Morgan fingerprint density at radius 3 is 1.20 bits per heavy atom. The van der Waals surface area contributed by atoms with Gasteiger partial charge in [0.15, 0.2) is 0 Å². The van der Waals surface area contributed by atoms with Crippen LogP contribution < -0.4 is 13.3 Å². The largest absolute Gasteiger partial charge is 0.0149 e. The molecule has 0 aliphatic rings. The van der Waals surface area contributed by atoms with E-state index in [2.05, 4.69) is 37.2 Å². The van der Waals surface area contributed by atoms with Crippen LogP contribution in [0.5, 0.6) is 0 Å². The average molecular weight is 449 g/mol.